The Morgan fingerprint density at radius 2 is 1.67 bits per heavy atom. The van der Waals surface area contributed by atoms with Gasteiger partial charge in [0, 0.05) is 53.5 Å². The number of rotatable bonds is 7. The molecule has 2 saturated carbocycles. The third-order valence-corrected chi connectivity index (χ3v) is 7.86. The smallest absolute Gasteiger partial charge is 0.0485 e. The van der Waals surface area contributed by atoms with Crippen molar-refractivity contribution in [1.82, 2.24) is 14.9 Å². The highest BCUT2D eigenvalue weighted by molar-refractivity contribution is 5.85. The average molecular weight is 467 g/mol. The van der Waals surface area contributed by atoms with Crippen LogP contribution in [0, 0.1) is 0 Å². The first-order chi connectivity index (χ1) is 15.8. The van der Waals surface area contributed by atoms with Crippen LogP contribution in [0.4, 0.5) is 0 Å². The number of nitrogens with two attached hydrogens (primary N) is 1. The molecule has 0 saturated heterocycles. The number of fused-ring (bicyclic) bond motifs is 1. The maximum absolute atomic E-state index is 6.11. The number of pyridine rings is 1. The Balaban J connectivity index is 0.00000259. The summed E-state index contributed by atoms with van der Waals surface area (Å²) in [5.41, 5.74) is 10.4. The van der Waals surface area contributed by atoms with E-state index in [1.807, 2.05) is 12.4 Å². The molecule has 0 bridgehead atoms. The molecule has 2 fully saturated rings. The molecule has 3 N–H and O–H groups in total. The minimum absolute atomic E-state index is 0. The molecule has 2 heterocycles. The summed E-state index contributed by atoms with van der Waals surface area (Å²) in [7, 11) is 0. The maximum atomic E-state index is 6.11. The van der Waals surface area contributed by atoms with Gasteiger partial charge in [0.05, 0.1) is 0 Å². The molecular formula is C28H39ClN4. The summed E-state index contributed by atoms with van der Waals surface area (Å²) < 4.78 is 2.61. The van der Waals surface area contributed by atoms with Crippen molar-refractivity contribution < 1.29 is 0 Å². The van der Waals surface area contributed by atoms with Gasteiger partial charge in [-0.2, -0.15) is 0 Å². The number of nitrogens with zero attached hydrogens (tertiary/aromatic N) is 2. The van der Waals surface area contributed by atoms with Gasteiger partial charge in [-0.25, -0.2) is 0 Å². The standard InChI is InChI=1S/C28H38N4.ClH/c29-22-10-12-23(13-11-22)31-19-16-25(21-14-17-30-18-15-21)27-20-32(24-6-2-1-3-7-24)28-9-5-4-8-26(27)28;/h4-5,8-9,14-15,17-18,20,22-25,31H,1-3,6-7,10-13,16,19,29H2;1H/t22-,23-,25?;. The minimum atomic E-state index is 0. The van der Waals surface area contributed by atoms with Crippen molar-refractivity contribution in [2.24, 2.45) is 5.73 Å². The summed E-state index contributed by atoms with van der Waals surface area (Å²) in [4.78, 5) is 4.29. The summed E-state index contributed by atoms with van der Waals surface area (Å²) >= 11 is 0. The molecule has 1 unspecified atom stereocenters. The molecule has 5 rings (SSSR count). The van der Waals surface area contributed by atoms with Crippen LogP contribution in [0.1, 0.15) is 87.3 Å². The first-order valence-electron chi connectivity index (χ1n) is 12.8. The highest BCUT2D eigenvalue weighted by Crippen LogP contribution is 2.38. The van der Waals surface area contributed by atoms with Crippen LogP contribution in [0.25, 0.3) is 10.9 Å². The lowest BCUT2D eigenvalue weighted by Gasteiger charge is -2.28. The maximum Gasteiger partial charge on any atom is 0.0485 e. The summed E-state index contributed by atoms with van der Waals surface area (Å²) in [6, 6.07) is 15.1. The van der Waals surface area contributed by atoms with Crippen molar-refractivity contribution >= 4 is 23.3 Å². The van der Waals surface area contributed by atoms with Gasteiger partial charge in [-0.3, -0.25) is 4.98 Å². The van der Waals surface area contributed by atoms with Crippen molar-refractivity contribution in [2.45, 2.75) is 88.3 Å². The lowest BCUT2D eigenvalue weighted by Crippen LogP contribution is -2.38. The molecule has 0 radical (unpaired) electrons. The summed E-state index contributed by atoms with van der Waals surface area (Å²) in [6.07, 6.45) is 18.9. The largest absolute Gasteiger partial charge is 0.344 e. The number of aromatic nitrogens is 2. The summed E-state index contributed by atoms with van der Waals surface area (Å²) in [5, 5.41) is 5.27. The normalized spacial score (nSPS) is 22.7. The summed E-state index contributed by atoms with van der Waals surface area (Å²) in [5.74, 6) is 0.381. The zero-order valence-electron chi connectivity index (χ0n) is 19.7. The minimum Gasteiger partial charge on any atom is -0.344 e. The Hall–Kier alpha value is -1.88. The average Bonchev–Trinajstić information content (AvgIpc) is 3.24. The van der Waals surface area contributed by atoms with Gasteiger partial charge in [-0.05, 0) is 80.8 Å². The zero-order valence-corrected chi connectivity index (χ0v) is 20.5. The predicted octanol–water partition coefficient (Wildman–Crippen LogP) is 6.34. The fraction of sp³-hybridized carbons (Fsp3) is 0.536. The van der Waals surface area contributed by atoms with Crippen LogP contribution in [-0.4, -0.2) is 28.2 Å². The molecule has 4 nitrogen and oxygen atoms in total. The Kier molecular flexibility index (Phi) is 8.45. The van der Waals surface area contributed by atoms with E-state index in [4.69, 9.17) is 5.73 Å². The van der Waals surface area contributed by atoms with Crippen LogP contribution >= 0.6 is 12.4 Å². The molecule has 1 atom stereocenters. The lowest BCUT2D eigenvalue weighted by molar-refractivity contribution is 0.340. The number of benzene rings is 1. The van der Waals surface area contributed by atoms with Gasteiger partial charge >= 0.3 is 0 Å². The molecule has 0 spiro atoms. The molecule has 5 heteroatoms. The SMILES string of the molecule is Cl.N[C@H]1CC[C@H](NCCC(c2ccncc2)c2cn(C3CCCCC3)c3ccccc23)CC1. The van der Waals surface area contributed by atoms with E-state index in [-0.39, 0.29) is 12.4 Å². The topological polar surface area (TPSA) is 55.9 Å². The van der Waals surface area contributed by atoms with Crippen molar-refractivity contribution in [2.75, 3.05) is 6.54 Å². The van der Waals surface area contributed by atoms with Crippen molar-refractivity contribution in [3.63, 3.8) is 0 Å². The van der Waals surface area contributed by atoms with Crippen molar-refractivity contribution in [3.8, 4) is 0 Å². The number of para-hydroxylation sites is 1. The highest BCUT2D eigenvalue weighted by Gasteiger charge is 2.24. The Bertz CT molecular complexity index is 988. The van der Waals surface area contributed by atoms with Gasteiger partial charge in [-0.1, -0.05) is 37.5 Å². The highest BCUT2D eigenvalue weighted by atomic mass is 35.5. The van der Waals surface area contributed by atoms with E-state index in [1.165, 1.54) is 67.0 Å². The van der Waals surface area contributed by atoms with Crippen LogP contribution in [0.3, 0.4) is 0 Å². The molecule has 178 valence electrons. The molecule has 0 amide bonds. The second-order valence-electron chi connectivity index (χ2n) is 9.99. The molecule has 2 aromatic heterocycles. The monoisotopic (exact) mass is 466 g/mol. The van der Waals surface area contributed by atoms with E-state index < -0.39 is 0 Å². The van der Waals surface area contributed by atoms with Crippen LogP contribution in [0.15, 0.2) is 55.0 Å². The Morgan fingerprint density at radius 3 is 2.42 bits per heavy atom. The Labute approximate surface area is 204 Å². The molecular weight excluding hydrogens is 428 g/mol. The summed E-state index contributed by atoms with van der Waals surface area (Å²) in [6.45, 7) is 1.04. The third-order valence-electron chi connectivity index (χ3n) is 7.86. The molecule has 0 aliphatic heterocycles. The van der Waals surface area contributed by atoms with Gasteiger partial charge in [0.25, 0.3) is 0 Å². The molecule has 3 aromatic rings. The number of hydrogen-bond donors (Lipinski definition) is 2. The van der Waals surface area contributed by atoms with E-state index in [0.29, 0.717) is 24.0 Å². The van der Waals surface area contributed by atoms with Crippen LogP contribution in [0.5, 0.6) is 0 Å². The number of halogens is 1. The Morgan fingerprint density at radius 1 is 0.939 bits per heavy atom. The van der Waals surface area contributed by atoms with Gasteiger partial charge in [0.2, 0.25) is 0 Å². The molecule has 2 aliphatic carbocycles. The zero-order chi connectivity index (χ0) is 21.8. The molecule has 2 aliphatic rings. The quantitative estimate of drug-likeness (QED) is 0.426. The number of hydrogen-bond acceptors (Lipinski definition) is 3. The third kappa shape index (κ3) is 5.62. The lowest BCUT2D eigenvalue weighted by atomic mass is 9.88. The van der Waals surface area contributed by atoms with Gasteiger partial charge in [-0.15, -0.1) is 12.4 Å². The van der Waals surface area contributed by atoms with Gasteiger partial charge < -0.3 is 15.6 Å². The van der Waals surface area contributed by atoms with E-state index in [9.17, 15) is 0 Å². The second kappa shape index (κ2) is 11.5. The van der Waals surface area contributed by atoms with E-state index in [1.54, 1.807) is 0 Å². The fourth-order valence-corrected chi connectivity index (χ4v) is 6.02. The first kappa shape index (κ1) is 24.3. The fourth-order valence-electron chi connectivity index (χ4n) is 6.02. The van der Waals surface area contributed by atoms with Crippen LogP contribution in [-0.2, 0) is 0 Å². The van der Waals surface area contributed by atoms with E-state index in [2.05, 4.69) is 57.5 Å². The van der Waals surface area contributed by atoms with Crippen molar-refractivity contribution in [3.05, 3.63) is 66.1 Å². The first-order valence-corrected chi connectivity index (χ1v) is 12.8. The number of nitrogens with one attached hydrogen (secondary N) is 1. The van der Waals surface area contributed by atoms with E-state index in [0.717, 1.165) is 25.8 Å². The van der Waals surface area contributed by atoms with Gasteiger partial charge in [0.1, 0.15) is 0 Å². The van der Waals surface area contributed by atoms with Gasteiger partial charge in [0.15, 0.2) is 0 Å². The predicted molar refractivity (Wildman–Crippen MR) is 140 cm³/mol. The van der Waals surface area contributed by atoms with E-state index >= 15 is 0 Å². The molecule has 1 aromatic carbocycles. The second-order valence-corrected chi connectivity index (χ2v) is 9.99. The molecule has 33 heavy (non-hydrogen) atoms. The van der Waals surface area contributed by atoms with Crippen LogP contribution in [0.2, 0.25) is 0 Å². The van der Waals surface area contributed by atoms with Crippen LogP contribution < -0.4 is 11.1 Å². The van der Waals surface area contributed by atoms with Crippen molar-refractivity contribution in [1.29, 1.82) is 0 Å².